The lowest BCUT2D eigenvalue weighted by Gasteiger charge is -2.22. The van der Waals surface area contributed by atoms with E-state index in [9.17, 15) is 0 Å². The molecule has 1 atom stereocenters. The van der Waals surface area contributed by atoms with Gasteiger partial charge in [-0.25, -0.2) is 9.98 Å². The summed E-state index contributed by atoms with van der Waals surface area (Å²) >= 11 is 0. The van der Waals surface area contributed by atoms with Gasteiger partial charge >= 0.3 is 0 Å². The van der Waals surface area contributed by atoms with Crippen LogP contribution in [0.1, 0.15) is 32.3 Å². The zero-order valence-corrected chi connectivity index (χ0v) is 21.0. The van der Waals surface area contributed by atoms with E-state index < -0.39 is 0 Å². The molecule has 0 saturated carbocycles. The summed E-state index contributed by atoms with van der Waals surface area (Å²) in [7, 11) is 1.72. The van der Waals surface area contributed by atoms with E-state index in [-0.39, 0.29) is 24.0 Å². The molecule has 1 saturated heterocycles. The minimum absolute atomic E-state index is 0. The summed E-state index contributed by atoms with van der Waals surface area (Å²) in [6.07, 6.45) is 3.75. The molecule has 2 aromatic rings. The minimum Gasteiger partial charge on any atom is -0.495 e. The lowest BCUT2D eigenvalue weighted by molar-refractivity contribution is 0.302. The van der Waals surface area contributed by atoms with Crippen LogP contribution in [0.4, 0.5) is 5.69 Å². The van der Waals surface area contributed by atoms with E-state index in [2.05, 4.69) is 46.5 Å². The fraction of sp³-hybridized carbons (Fsp3) is 0.478. The Hall–Kier alpha value is -2.23. The lowest BCUT2D eigenvalue weighted by atomic mass is 10.2. The smallest absolute Gasteiger partial charge is 0.218 e. The number of rotatable bonds is 9. The van der Waals surface area contributed by atoms with Crippen LogP contribution in [0.15, 0.2) is 47.6 Å². The number of methoxy groups -OCH3 is 1. The number of aromatic nitrogens is 1. The van der Waals surface area contributed by atoms with Crippen LogP contribution in [0.2, 0.25) is 0 Å². The molecule has 170 valence electrons. The maximum atomic E-state index is 5.76. The Labute approximate surface area is 202 Å². The first-order chi connectivity index (χ1) is 14.7. The average molecular weight is 539 g/mol. The third-order valence-corrected chi connectivity index (χ3v) is 5.00. The first-order valence-electron chi connectivity index (χ1n) is 10.7. The predicted molar refractivity (Wildman–Crippen MR) is 137 cm³/mol. The van der Waals surface area contributed by atoms with E-state index in [0.29, 0.717) is 25.1 Å². The number of pyridine rings is 1. The Morgan fingerprint density at radius 3 is 2.84 bits per heavy atom. The number of hydrogen-bond donors (Lipinski definition) is 2. The number of nitrogens with one attached hydrogen (secondary N) is 2. The van der Waals surface area contributed by atoms with E-state index in [1.54, 1.807) is 13.3 Å². The van der Waals surface area contributed by atoms with Crippen LogP contribution in [0.3, 0.4) is 0 Å². The molecule has 0 radical (unpaired) electrons. The van der Waals surface area contributed by atoms with Crippen molar-refractivity contribution in [3.63, 3.8) is 0 Å². The Bertz CT molecular complexity index is 833. The molecule has 0 bridgehead atoms. The highest BCUT2D eigenvalue weighted by Gasteiger charge is 2.25. The highest BCUT2D eigenvalue weighted by Crippen LogP contribution is 2.30. The van der Waals surface area contributed by atoms with Crippen LogP contribution < -0.4 is 25.0 Å². The summed E-state index contributed by atoms with van der Waals surface area (Å²) in [5.41, 5.74) is 2.13. The zero-order chi connectivity index (χ0) is 21.2. The third kappa shape index (κ3) is 7.15. The van der Waals surface area contributed by atoms with E-state index in [1.165, 1.54) is 0 Å². The van der Waals surface area contributed by atoms with Gasteiger partial charge in [-0.2, -0.15) is 0 Å². The van der Waals surface area contributed by atoms with Gasteiger partial charge in [-0.15, -0.1) is 24.0 Å². The molecule has 7 nitrogen and oxygen atoms in total. The van der Waals surface area contributed by atoms with Gasteiger partial charge in [-0.05, 0) is 38.0 Å². The maximum Gasteiger partial charge on any atom is 0.218 e. The van der Waals surface area contributed by atoms with E-state index >= 15 is 0 Å². The Morgan fingerprint density at radius 2 is 2.06 bits per heavy atom. The van der Waals surface area contributed by atoms with Crippen LogP contribution >= 0.6 is 24.0 Å². The summed E-state index contributed by atoms with van der Waals surface area (Å²) in [4.78, 5) is 11.5. The van der Waals surface area contributed by atoms with E-state index in [4.69, 9.17) is 14.5 Å². The topological polar surface area (TPSA) is 71.0 Å². The fourth-order valence-corrected chi connectivity index (χ4v) is 3.54. The van der Waals surface area contributed by atoms with E-state index in [1.807, 2.05) is 24.3 Å². The Kier molecular flexibility index (Phi) is 10.7. The molecule has 0 amide bonds. The van der Waals surface area contributed by atoms with Crippen molar-refractivity contribution in [2.24, 2.45) is 4.99 Å². The molecule has 1 aliphatic heterocycles. The molecule has 3 rings (SSSR count). The Balaban J connectivity index is 0.00000341. The first kappa shape index (κ1) is 25.0. The number of anilines is 1. The van der Waals surface area contributed by atoms with Gasteiger partial charge in [-0.1, -0.05) is 25.1 Å². The van der Waals surface area contributed by atoms with Gasteiger partial charge in [0.1, 0.15) is 5.75 Å². The van der Waals surface area contributed by atoms with Gasteiger partial charge in [0, 0.05) is 37.4 Å². The molecule has 0 spiro atoms. The summed E-state index contributed by atoms with van der Waals surface area (Å²) < 4.78 is 11.3. The molecule has 1 aliphatic rings. The second-order valence-electron chi connectivity index (χ2n) is 7.26. The minimum atomic E-state index is 0. The van der Waals surface area contributed by atoms with Crippen molar-refractivity contribution in [1.82, 2.24) is 15.6 Å². The number of aliphatic imine (C=N–C) groups is 1. The van der Waals surface area contributed by atoms with Crippen LogP contribution in [0.25, 0.3) is 0 Å². The van der Waals surface area contributed by atoms with Crippen LogP contribution in [0.5, 0.6) is 11.6 Å². The van der Waals surface area contributed by atoms with Gasteiger partial charge in [0.15, 0.2) is 5.96 Å². The standard InChI is InChI=1S/C23H33N5O2.HI/c1-4-15-30-22-18(9-8-13-25-22)16-26-23(24-5-2)27-19-12-14-28(17-19)20-10-6-7-11-21(20)29-3;/h6-11,13,19H,4-5,12,14-17H2,1-3H3,(H2,24,26,27);1H. The van der Waals surface area contributed by atoms with Gasteiger partial charge in [0.25, 0.3) is 0 Å². The van der Waals surface area contributed by atoms with Gasteiger partial charge in [-0.3, -0.25) is 0 Å². The SMILES string of the molecule is CCCOc1ncccc1CN=C(NCC)NC1CCN(c2ccccc2OC)C1.I. The fourth-order valence-electron chi connectivity index (χ4n) is 3.54. The number of para-hydroxylation sites is 2. The van der Waals surface area contributed by atoms with Gasteiger partial charge in [0.2, 0.25) is 5.88 Å². The number of nitrogens with zero attached hydrogens (tertiary/aromatic N) is 3. The molecule has 1 aromatic carbocycles. The largest absolute Gasteiger partial charge is 0.495 e. The molecule has 0 aliphatic carbocycles. The number of benzene rings is 1. The first-order valence-corrected chi connectivity index (χ1v) is 10.7. The quantitative estimate of drug-likeness (QED) is 0.287. The Morgan fingerprint density at radius 1 is 1.23 bits per heavy atom. The van der Waals surface area contributed by atoms with Crippen LogP contribution in [-0.2, 0) is 6.54 Å². The predicted octanol–water partition coefficient (Wildman–Crippen LogP) is 3.83. The van der Waals surface area contributed by atoms with Crippen molar-refractivity contribution in [3.05, 3.63) is 48.2 Å². The van der Waals surface area contributed by atoms with Crippen molar-refractivity contribution < 1.29 is 9.47 Å². The second kappa shape index (κ2) is 13.2. The number of hydrogen-bond acceptors (Lipinski definition) is 5. The van der Waals surface area contributed by atoms with Crippen molar-refractivity contribution in [2.45, 2.75) is 39.3 Å². The summed E-state index contributed by atoms with van der Waals surface area (Å²) in [5, 5.41) is 6.94. The monoisotopic (exact) mass is 539 g/mol. The van der Waals surface area contributed by atoms with Crippen molar-refractivity contribution in [1.29, 1.82) is 0 Å². The second-order valence-corrected chi connectivity index (χ2v) is 7.26. The molecular formula is C23H34IN5O2. The number of halogens is 1. The summed E-state index contributed by atoms with van der Waals surface area (Å²) in [5.74, 6) is 2.40. The molecule has 1 fully saturated rings. The molecule has 1 aromatic heterocycles. The van der Waals surface area contributed by atoms with Crippen molar-refractivity contribution in [3.8, 4) is 11.6 Å². The zero-order valence-electron chi connectivity index (χ0n) is 18.6. The van der Waals surface area contributed by atoms with Gasteiger partial charge < -0.3 is 25.0 Å². The lowest BCUT2D eigenvalue weighted by Crippen LogP contribution is -2.44. The molecule has 2 N–H and O–H groups in total. The molecule has 31 heavy (non-hydrogen) atoms. The van der Waals surface area contributed by atoms with Gasteiger partial charge in [0.05, 0.1) is 25.9 Å². The van der Waals surface area contributed by atoms with Crippen LogP contribution in [-0.4, -0.2) is 50.3 Å². The number of guanidine groups is 1. The number of ether oxygens (including phenoxy) is 2. The van der Waals surface area contributed by atoms with Crippen molar-refractivity contribution in [2.75, 3.05) is 38.3 Å². The van der Waals surface area contributed by atoms with E-state index in [0.717, 1.165) is 55.4 Å². The normalized spacial score (nSPS) is 15.9. The molecular weight excluding hydrogens is 505 g/mol. The van der Waals surface area contributed by atoms with Crippen LogP contribution in [0, 0.1) is 0 Å². The average Bonchev–Trinajstić information content (AvgIpc) is 3.25. The maximum absolute atomic E-state index is 5.76. The highest BCUT2D eigenvalue weighted by molar-refractivity contribution is 14.0. The van der Waals surface area contributed by atoms with Crippen molar-refractivity contribution >= 4 is 35.6 Å². The molecule has 2 heterocycles. The summed E-state index contributed by atoms with van der Waals surface area (Å²) in [6.45, 7) is 8.04. The molecule has 1 unspecified atom stereocenters. The highest BCUT2D eigenvalue weighted by atomic mass is 127. The third-order valence-electron chi connectivity index (χ3n) is 5.00. The molecule has 8 heteroatoms. The summed E-state index contributed by atoms with van der Waals surface area (Å²) in [6, 6.07) is 12.4.